The lowest BCUT2D eigenvalue weighted by atomic mass is 10.0. The molecule has 1 saturated carbocycles. The van der Waals surface area contributed by atoms with Gasteiger partial charge in [-0.15, -0.1) is 11.8 Å². The number of rotatable bonds is 3. The average molecular weight is 286 g/mol. The molecular formula is C11H14N2O3S2. The fourth-order valence-corrected chi connectivity index (χ4v) is 5.04. The Morgan fingerprint density at radius 2 is 2.39 bits per heavy atom. The molecule has 0 aromatic heterocycles. The third-order valence-electron chi connectivity index (χ3n) is 4.17. The van der Waals surface area contributed by atoms with Crippen LogP contribution in [-0.2, 0) is 9.59 Å². The van der Waals surface area contributed by atoms with Gasteiger partial charge in [0.15, 0.2) is 5.54 Å². The van der Waals surface area contributed by atoms with Crippen LogP contribution < -0.4 is 5.32 Å². The highest BCUT2D eigenvalue weighted by molar-refractivity contribution is 8.02. The highest BCUT2D eigenvalue weighted by Crippen LogP contribution is 2.71. The van der Waals surface area contributed by atoms with Crippen LogP contribution in [0.2, 0.25) is 0 Å². The van der Waals surface area contributed by atoms with E-state index >= 15 is 0 Å². The van der Waals surface area contributed by atoms with Crippen LogP contribution in [-0.4, -0.2) is 48.6 Å². The standard InChI is InChI=1S/C11H14N2O3S2/c1-3-5(17)12-6-7(14)13-8(6)18-10(2)4-11(10,13)9(15)16/h6,8H,3-4H2,1-2H3,(H,12,17)(H,15,16)/t6?,8-,10?,11?/m1/s1. The number of hydrogen-bond acceptors (Lipinski definition) is 4. The second kappa shape index (κ2) is 3.39. The van der Waals surface area contributed by atoms with E-state index in [2.05, 4.69) is 5.32 Å². The van der Waals surface area contributed by atoms with Gasteiger partial charge in [0, 0.05) is 6.42 Å². The van der Waals surface area contributed by atoms with Gasteiger partial charge in [-0.1, -0.05) is 19.1 Å². The number of β-lactam (4-membered cyclic amide) rings is 1. The molecule has 2 N–H and O–H groups in total. The Balaban J connectivity index is 1.82. The summed E-state index contributed by atoms with van der Waals surface area (Å²) in [7, 11) is 0. The van der Waals surface area contributed by atoms with E-state index in [-0.39, 0.29) is 22.1 Å². The van der Waals surface area contributed by atoms with Crippen molar-refractivity contribution in [1.29, 1.82) is 0 Å². The summed E-state index contributed by atoms with van der Waals surface area (Å²) >= 11 is 6.67. The summed E-state index contributed by atoms with van der Waals surface area (Å²) in [5, 5.41) is 12.3. The van der Waals surface area contributed by atoms with Crippen LogP contribution in [0.25, 0.3) is 0 Å². The van der Waals surface area contributed by atoms with Crippen molar-refractivity contribution in [3.05, 3.63) is 0 Å². The predicted molar refractivity (Wildman–Crippen MR) is 71.4 cm³/mol. The molecule has 1 aliphatic carbocycles. The molecule has 5 nitrogen and oxygen atoms in total. The minimum atomic E-state index is -0.967. The van der Waals surface area contributed by atoms with Crippen LogP contribution in [0.5, 0.6) is 0 Å². The molecule has 0 aromatic carbocycles. The van der Waals surface area contributed by atoms with Crippen molar-refractivity contribution in [2.75, 3.05) is 0 Å². The van der Waals surface area contributed by atoms with E-state index < -0.39 is 11.5 Å². The van der Waals surface area contributed by atoms with E-state index in [0.717, 1.165) is 0 Å². The van der Waals surface area contributed by atoms with E-state index in [0.29, 0.717) is 17.8 Å². The molecule has 0 radical (unpaired) electrons. The van der Waals surface area contributed by atoms with Gasteiger partial charge in [-0.25, -0.2) is 4.79 Å². The quantitative estimate of drug-likeness (QED) is 0.584. The van der Waals surface area contributed by atoms with Gasteiger partial charge in [-0.05, 0) is 13.3 Å². The number of thioether (sulfide) groups is 1. The van der Waals surface area contributed by atoms with Gasteiger partial charge in [0.1, 0.15) is 11.4 Å². The second-order valence-electron chi connectivity index (χ2n) is 5.19. The third-order valence-corrected chi connectivity index (χ3v) is 6.30. The van der Waals surface area contributed by atoms with Crippen LogP contribution >= 0.6 is 24.0 Å². The molecule has 0 aromatic rings. The number of carboxylic acid groups (broad SMARTS) is 1. The maximum absolute atomic E-state index is 12.1. The molecule has 4 atom stereocenters. The van der Waals surface area contributed by atoms with E-state index in [9.17, 15) is 14.7 Å². The zero-order valence-electron chi connectivity index (χ0n) is 10.1. The second-order valence-corrected chi connectivity index (χ2v) is 7.30. The first-order valence-corrected chi connectivity index (χ1v) is 7.20. The molecule has 2 aliphatic heterocycles. The Morgan fingerprint density at radius 3 is 2.94 bits per heavy atom. The number of aliphatic carboxylic acids is 1. The minimum absolute atomic E-state index is 0.0863. The van der Waals surface area contributed by atoms with Crippen molar-refractivity contribution in [2.24, 2.45) is 0 Å². The van der Waals surface area contributed by atoms with Gasteiger partial charge in [-0.3, -0.25) is 4.79 Å². The molecule has 3 fully saturated rings. The van der Waals surface area contributed by atoms with Gasteiger partial charge < -0.3 is 15.3 Å². The third kappa shape index (κ3) is 1.17. The largest absolute Gasteiger partial charge is 0.479 e. The number of hydrogen-bond donors (Lipinski definition) is 2. The topological polar surface area (TPSA) is 69.6 Å². The Bertz CT molecular complexity index is 483. The first-order chi connectivity index (χ1) is 8.37. The number of thiocarbonyl (C=S) groups is 1. The molecule has 0 bridgehead atoms. The van der Waals surface area contributed by atoms with E-state index in [4.69, 9.17) is 12.2 Å². The molecule has 98 valence electrons. The SMILES string of the molecule is CCC(=S)NC1C(=O)N2[C@@H]1SC1(C)CC21C(=O)O. The number of nitrogens with zero attached hydrogens (tertiary/aromatic N) is 1. The first-order valence-electron chi connectivity index (χ1n) is 5.91. The van der Waals surface area contributed by atoms with E-state index in [1.165, 1.54) is 4.90 Å². The molecule has 3 rings (SSSR count). The van der Waals surface area contributed by atoms with Crippen LogP contribution in [0.4, 0.5) is 0 Å². The summed E-state index contributed by atoms with van der Waals surface area (Å²) in [6.45, 7) is 3.85. The Morgan fingerprint density at radius 1 is 1.72 bits per heavy atom. The highest BCUT2D eigenvalue weighted by atomic mass is 32.2. The number of carboxylic acids is 1. The summed E-state index contributed by atoms with van der Waals surface area (Å²) in [4.78, 5) is 25.7. The summed E-state index contributed by atoms with van der Waals surface area (Å²) in [5.74, 6) is -1.02. The Labute approximate surface area is 114 Å². The van der Waals surface area contributed by atoms with Crippen molar-refractivity contribution in [1.82, 2.24) is 10.2 Å². The van der Waals surface area contributed by atoms with Gasteiger partial charge in [0.2, 0.25) is 5.91 Å². The Kier molecular flexibility index (Phi) is 2.30. The zero-order chi connectivity index (χ0) is 13.3. The monoisotopic (exact) mass is 286 g/mol. The molecule has 7 heteroatoms. The number of nitrogens with one attached hydrogen (secondary N) is 1. The number of carbonyl (C=O) groups excluding carboxylic acids is 1. The molecule has 0 spiro atoms. The fourth-order valence-electron chi connectivity index (χ4n) is 2.99. The van der Waals surface area contributed by atoms with E-state index in [1.54, 1.807) is 11.8 Å². The first kappa shape index (κ1) is 12.2. The van der Waals surface area contributed by atoms with Crippen LogP contribution in [0, 0.1) is 0 Å². The smallest absolute Gasteiger partial charge is 0.331 e. The highest BCUT2D eigenvalue weighted by Gasteiger charge is 2.84. The van der Waals surface area contributed by atoms with Gasteiger partial charge in [0.25, 0.3) is 0 Å². The number of amides is 1. The molecule has 2 saturated heterocycles. The number of fused-ring (bicyclic) bond motifs is 3. The van der Waals surface area contributed by atoms with Crippen molar-refractivity contribution in [3.63, 3.8) is 0 Å². The summed E-state index contributed by atoms with van der Waals surface area (Å²) in [6.07, 6.45) is 1.24. The lowest BCUT2D eigenvalue weighted by molar-refractivity contribution is -0.161. The van der Waals surface area contributed by atoms with Crippen LogP contribution in [0.15, 0.2) is 0 Å². The van der Waals surface area contributed by atoms with E-state index in [1.807, 2.05) is 13.8 Å². The van der Waals surface area contributed by atoms with Gasteiger partial charge in [-0.2, -0.15) is 0 Å². The van der Waals surface area contributed by atoms with Gasteiger partial charge >= 0.3 is 5.97 Å². The fraction of sp³-hybridized carbons (Fsp3) is 0.727. The lowest BCUT2D eigenvalue weighted by Crippen LogP contribution is -2.71. The van der Waals surface area contributed by atoms with Crippen molar-refractivity contribution < 1.29 is 14.7 Å². The minimum Gasteiger partial charge on any atom is -0.479 e. The van der Waals surface area contributed by atoms with Crippen molar-refractivity contribution in [2.45, 2.75) is 48.4 Å². The summed E-state index contributed by atoms with van der Waals surface area (Å²) in [6, 6.07) is -0.344. The molecule has 2 heterocycles. The number of carbonyl (C=O) groups is 2. The molecule has 3 aliphatic rings. The summed E-state index contributed by atoms with van der Waals surface area (Å²) < 4.78 is -0.330. The summed E-state index contributed by atoms with van der Waals surface area (Å²) in [5.41, 5.74) is -0.967. The molecule has 3 unspecified atom stereocenters. The molecule has 1 amide bonds. The van der Waals surface area contributed by atoms with Crippen molar-refractivity contribution >= 4 is 40.8 Å². The maximum atomic E-state index is 12.1. The van der Waals surface area contributed by atoms with Crippen molar-refractivity contribution in [3.8, 4) is 0 Å². The molecule has 18 heavy (non-hydrogen) atoms. The average Bonchev–Trinajstić information content (AvgIpc) is 2.85. The zero-order valence-corrected chi connectivity index (χ0v) is 11.7. The normalized spacial score (nSPS) is 43.9. The Hall–Kier alpha value is -0.820. The maximum Gasteiger partial charge on any atom is 0.331 e. The van der Waals surface area contributed by atoms with Gasteiger partial charge in [0.05, 0.1) is 9.74 Å². The predicted octanol–water partition coefficient (Wildman–Crippen LogP) is 0.583. The van der Waals surface area contributed by atoms with Crippen LogP contribution in [0.3, 0.4) is 0 Å². The molecular weight excluding hydrogens is 272 g/mol. The van der Waals surface area contributed by atoms with Crippen LogP contribution in [0.1, 0.15) is 26.7 Å². The lowest BCUT2D eigenvalue weighted by Gasteiger charge is -2.46.